The van der Waals surface area contributed by atoms with Gasteiger partial charge in [0.15, 0.2) is 0 Å². The van der Waals surface area contributed by atoms with Gasteiger partial charge in [-0.3, -0.25) is 0 Å². The van der Waals surface area contributed by atoms with Crippen LogP contribution in [0.4, 0.5) is 0 Å². The van der Waals surface area contributed by atoms with Crippen molar-refractivity contribution in [3.05, 3.63) is 0 Å². The standard InChI is InChI=1S/H10I2N8O3/c1-11-10(6,7)12-2-8(3)13-9(4)5/h3-7H2. The Bertz CT molecular complexity index is 139. The van der Waals surface area contributed by atoms with Crippen LogP contribution in [0.25, 0.3) is 0 Å². The van der Waals surface area contributed by atoms with Crippen molar-refractivity contribution < 1.29 is 38.2 Å². The van der Waals surface area contributed by atoms with Crippen molar-refractivity contribution in [3.8, 4) is 0 Å². The molecule has 82 valence electrons. The van der Waals surface area contributed by atoms with Gasteiger partial charge < -0.3 is 0 Å². The van der Waals surface area contributed by atoms with E-state index in [2.05, 4.69) is 8.11 Å². The Labute approximate surface area is 98.7 Å². The summed E-state index contributed by atoms with van der Waals surface area (Å²) in [4.78, 5) is 4.43. The average molecular weight is 424 g/mol. The molecule has 0 radical (unpaired) electrons. The van der Waals surface area contributed by atoms with Gasteiger partial charge in [-0.1, -0.05) is 0 Å². The molecule has 0 unspecified atom stereocenters. The summed E-state index contributed by atoms with van der Waals surface area (Å²) in [6, 6.07) is 0. The molecule has 10 N–H and O–H groups in total. The second-order valence-corrected chi connectivity index (χ2v) is 3.70. The van der Waals surface area contributed by atoms with Gasteiger partial charge in [-0.2, -0.15) is 0 Å². The minimum absolute atomic E-state index is 0.399. The molecule has 0 aliphatic rings. The molecule has 0 saturated heterocycles. The van der Waals surface area contributed by atoms with Gasteiger partial charge in [0, 0.05) is 0 Å². The number of nitrogens with two attached hydrogens (primary N) is 5. The second kappa shape index (κ2) is 6.49. The number of hydrazine groups is 3. The molecular weight excluding hydrogens is 414 g/mol. The van der Waals surface area contributed by atoms with E-state index in [1.807, 2.05) is 0 Å². The molecule has 0 aromatic heterocycles. The first-order valence-electron chi connectivity index (χ1n) is 2.50. The summed E-state index contributed by atoms with van der Waals surface area (Å²) in [5, 5.41) is -0.699. The first kappa shape index (κ1) is 14.0. The van der Waals surface area contributed by atoms with E-state index in [1.54, 1.807) is 0 Å². The fourth-order valence-corrected chi connectivity index (χ4v) is 1.38. The second-order valence-electron chi connectivity index (χ2n) is 1.57. The van der Waals surface area contributed by atoms with Crippen LogP contribution in [-0.4, -0.2) is 13.7 Å². The number of nitrogens with zero attached hydrogens (tertiary/aromatic N) is 3. The van der Waals surface area contributed by atoms with E-state index in [0.717, 1.165) is 3.39 Å². The predicted molar refractivity (Wildman–Crippen MR) is 42.2 cm³/mol. The third kappa shape index (κ3) is 8.04. The van der Waals surface area contributed by atoms with Gasteiger partial charge in [0.1, 0.15) is 0 Å². The summed E-state index contributed by atoms with van der Waals surface area (Å²) in [6.45, 7) is 0. The van der Waals surface area contributed by atoms with E-state index in [1.165, 1.54) is 23.0 Å². The maximum absolute atomic E-state index is 5.19. The van der Waals surface area contributed by atoms with Crippen molar-refractivity contribution in [3.63, 3.8) is 0 Å². The Morgan fingerprint density at radius 3 is 2.15 bits per heavy atom. The van der Waals surface area contributed by atoms with Gasteiger partial charge in [0.2, 0.25) is 0 Å². The Morgan fingerprint density at radius 1 is 1.23 bits per heavy atom. The molecule has 0 aliphatic heterocycles. The molecule has 0 heterocycles. The van der Waals surface area contributed by atoms with Crippen LogP contribution in [0.15, 0.2) is 0 Å². The topological polar surface area (TPSA) is 164 Å². The molecule has 11 nitrogen and oxygen atoms in total. The predicted octanol–water partition coefficient (Wildman–Crippen LogP) is -6.25. The van der Waals surface area contributed by atoms with Gasteiger partial charge in [-0.05, 0) is 0 Å². The Hall–Kier alpha value is 1.02. The summed E-state index contributed by atoms with van der Waals surface area (Å²) >= 11 is 0.169. The van der Waals surface area contributed by atoms with Crippen molar-refractivity contribution in [2.75, 3.05) is 0 Å². The van der Waals surface area contributed by atoms with Crippen molar-refractivity contribution in [2.24, 2.45) is 29.2 Å². The summed E-state index contributed by atoms with van der Waals surface area (Å²) in [7, 11) is 0. The molecule has 13 heavy (non-hydrogen) atoms. The van der Waals surface area contributed by atoms with E-state index in [0.29, 0.717) is 5.28 Å². The third-order valence-electron chi connectivity index (χ3n) is 0.487. The number of hydrogen-bond donors (Lipinski definition) is 5. The van der Waals surface area contributed by atoms with Crippen molar-refractivity contribution in [1.29, 1.82) is 0 Å². The van der Waals surface area contributed by atoms with Gasteiger partial charge in [-0.25, -0.2) is 0 Å². The van der Waals surface area contributed by atoms with Gasteiger partial charge in [0.25, 0.3) is 0 Å². The summed E-state index contributed by atoms with van der Waals surface area (Å²) in [5.41, 5.74) is 0. The molecular formula is H10I2N8O3. The zero-order valence-electron chi connectivity index (χ0n) is 6.21. The molecule has 0 aliphatic carbocycles. The van der Waals surface area contributed by atoms with Gasteiger partial charge in [-0.15, -0.1) is 0 Å². The Balaban J connectivity index is 3.63. The van der Waals surface area contributed by atoms with Crippen LogP contribution in [0.1, 0.15) is 0 Å². The first-order chi connectivity index (χ1) is 5.87. The van der Waals surface area contributed by atoms with Gasteiger partial charge in [0.05, 0.1) is 0 Å². The maximum atomic E-state index is 5.19. The van der Waals surface area contributed by atoms with Crippen LogP contribution in [0, 0.1) is 0 Å². The van der Waals surface area contributed by atoms with E-state index in [9.17, 15) is 0 Å². The number of hydrogen-bond acceptors (Lipinski definition) is 10. The molecule has 0 rings (SSSR count). The monoisotopic (exact) mass is 424 g/mol. The first-order valence-corrected chi connectivity index (χ1v) is 5.23. The molecule has 0 atom stereocenters. The quantitative estimate of drug-likeness (QED) is 0.0912. The van der Waals surface area contributed by atoms with Crippen molar-refractivity contribution in [1.82, 2.24) is 8.67 Å². The fraction of sp³-hybridized carbons (Fsp3) is 0. The molecule has 0 aromatic carbocycles. The van der Waals surface area contributed by atoms with E-state index < -0.39 is 26.9 Å². The van der Waals surface area contributed by atoms with Crippen molar-refractivity contribution >= 4 is 23.0 Å². The molecule has 13 heteroatoms. The molecule has 0 amide bonds. The van der Waals surface area contributed by atoms with E-state index in [4.69, 9.17) is 32.4 Å². The normalized spacial score (nSPS) is 13.2. The average Bonchev–Trinajstić information content (AvgIpc) is 2.00. The number of halogens is 2. The van der Waals surface area contributed by atoms with Crippen LogP contribution in [0.2, 0.25) is 0 Å². The minimum atomic E-state index is -1.29. The van der Waals surface area contributed by atoms with Crippen LogP contribution in [0.5, 0.6) is 0 Å². The zero-order chi connectivity index (χ0) is 10.5. The third-order valence-corrected chi connectivity index (χ3v) is 2.46. The number of rotatable bonds is 6. The van der Waals surface area contributed by atoms with E-state index >= 15 is 0 Å². The van der Waals surface area contributed by atoms with Crippen LogP contribution in [0.3, 0.4) is 0 Å². The molecule has 0 bridgehead atoms. The Kier molecular flexibility index (Phi) is 7.00. The summed E-state index contributed by atoms with van der Waals surface area (Å²) < 4.78 is 9.95. The van der Waals surface area contributed by atoms with Crippen LogP contribution < -0.4 is 51.1 Å². The SMILES string of the molecule is NN(N)ON(N)[I-]O[N+](N)(N)OI. The fourth-order valence-electron chi connectivity index (χ4n) is 0.192. The van der Waals surface area contributed by atoms with Gasteiger partial charge >= 0.3 is 99.1 Å². The molecule has 0 fully saturated rings. The van der Waals surface area contributed by atoms with Crippen molar-refractivity contribution in [2.45, 2.75) is 0 Å². The zero-order valence-corrected chi connectivity index (χ0v) is 10.5. The van der Waals surface area contributed by atoms with Crippen LogP contribution in [-0.2, 0) is 11.3 Å². The summed E-state index contributed by atoms with van der Waals surface area (Å²) in [6.07, 6.45) is 0. The van der Waals surface area contributed by atoms with E-state index in [-0.39, 0.29) is 0 Å². The summed E-state index contributed by atoms with van der Waals surface area (Å²) in [5.74, 6) is 25.3. The molecule has 0 aromatic rings. The number of quaternary nitrogens is 1. The molecule has 0 saturated carbocycles. The Morgan fingerprint density at radius 2 is 1.77 bits per heavy atom. The molecule has 0 spiro atoms. The van der Waals surface area contributed by atoms with Crippen LogP contribution >= 0.6 is 23.0 Å².